The Morgan fingerprint density at radius 1 is 1.25 bits per heavy atom. The van der Waals surface area contributed by atoms with Gasteiger partial charge < -0.3 is 5.32 Å². The van der Waals surface area contributed by atoms with Crippen LogP contribution in [0, 0.1) is 6.92 Å². The van der Waals surface area contributed by atoms with Gasteiger partial charge in [-0.15, -0.1) is 0 Å². The number of nitrogens with zero attached hydrogens (tertiary/aromatic N) is 1. The summed E-state index contributed by atoms with van der Waals surface area (Å²) in [6.07, 6.45) is 0. The average molecular weight is 236 g/mol. The van der Waals surface area contributed by atoms with Crippen molar-refractivity contribution < 1.29 is 9.59 Å². The number of carbonyl (C=O) groups excluding carboxylic acids is 2. The van der Waals surface area contributed by atoms with Crippen LogP contribution < -0.4 is 5.32 Å². The third-order valence-electron chi connectivity index (χ3n) is 2.40. The first-order chi connectivity index (χ1) is 7.58. The Kier molecular flexibility index (Phi) is 2.87. The van der Waals surface area contributed by atoms with Crippen LogP contribution in [0.3, 0.4) is 0 Å². The minimum Gasteiger partial charge on any atom is -0.365 e. The van der Waals surface area contributed by atoms with Crippen molar-refractivity contribution >= 4 is 28.6 Å². The predicted octanol–water partition coefficient (Wildman–Crippen LogP) is 2.06. The van der Waals surface area contributed by atoms with Gasteiger partial charge in [0.05, 0.1) is 0 Å². The summed E-state index contributed by atoms with van der Waals surface area (Å²) in [5.74, 6) is -0.199. The molecule has 1 aromatic carbocycles. The highest BCUT2D eigenvalue weighted by molar-refractivity contribution is 8.15. The average Bonchev–Trinajstić information content (AvgIpc) is 2.50. The third kappa shape index (κ3) is 2.04. The van der Waals surface area contributed by atoms with Crippen LogP contribution in [0.25, 0.3) is 0 Å². The van der Waals surface area contributed by atoms with Gasteiger partial charge in [0.15, 0.2) is 5.37 Å². The summed E-state index contributed by atoms with van der Waals surface area (Å²) in [7, 11) is 1.49. The molecule has 0 aliphatic carbocycles. The Morgan fingerprint density at radius 3 is 2.38 bits per heavy atom. The first kappa shape index (κ1) is 11.0. The maximum atomic E-state index is 11.6. The summed E-state index contributed by atoms with van der Waals surface area (Å²) in [5, 5.41) is 2.32. The summed E-state index contributed by atoms with van der Waals surface area (Å²) in [5.41, 5.74) is 2.00. The molecule has 1 aliphatic heterocycles. The molecular weight excluding hydrogens is 224 g/mol. The van der Waals surface area contributed by atoms with E-state index in [1.54, 1.807) is 0 Å². The molecule has 0 spiro atoms. The Hall–Kier alpha value is -1.49. The zero-order valence-electron chi connectivity index (χ0n) is 9.06. The largest absolute Gasteiger partial charge is 0.365 e. The van der Waals surface area contributed by atoms with Crippen molar-refractivity contribution in [2.24, 2.45) is 0 Å². The number of hydrogen-bond donors (Lipinski definition) is 1. The predicted molar refractivity (Wildman–Crippen MR) is 64.3 cm³/mol. The number of amides is 2. The fraction of sp³-hybridized carbons (Fsp3) is 0.273. The van der Waals surface area contributed by atoms with E-state index in [0.29, 0.717) is 0 Å². The summed E-state index contributed by atoms with van der Waals surface area (Å²) in [6, 6.07) is 7.70. The summed E-state index contributed by atoms with van der Waals surface area (Å²) in [6.45, 7) is 2.00. The summed E-state index contributed by atoms with van der Waals surface area (Å²) >= 11 is 1.01. The zero-order valence-corrected chi connectivity index (χ0v) is 9.88. The SMILES string of the molecule is Cc1ccc(N[C@H]2SC(=O)N(C)C2=O)cc1. The van der Waals surface area contributed by atoms with Gasteiger partial charge >= 0.3 is 0 Å². The van der Waals surface area contributed by atoms with Crippen molar-refractivity contribution in [2.75, 3.05) is 12.4 Å². The van der Waals surface area contributed by atoms with E-state index in [1.807, 2.05) is 31.2 Å². The normalized spacial score (nSPS) is 20.4. The number of aryl methyl sites for hydroxylation is 1. The minimum absolute atomic E-state index is 0.199. The maximum Gasteiger partial charge on any atom is 0.290 e. The molecule has 0 unspecified atom stereocenters. The van der Waals surface area contributed by atoms with E-state index < -0.39 is 5.37 Å². The highest BCUT2D eigenvalue weighted by atomic mass is 32.2. The van der Waals surface area contributed by atoms with Crippen LogP contribution in [-0.4, -0.2) is 28.5 Å². The van der Waals surface area contributed by atoms with E-state index in [1.165, 1.54) is 7.05 Å². The number of nitrogens with one attached hydrogen (secondary N) is 1. The molecule has 84 valence electrons. The molecule has 4 nitrogen and oxygen atoms in total. The van der Waals surface area contributed by atoms with Gasteiger partial charge in [0.25, 0.3) is 11.1 Å². The first-order valence-electron chi connectivity index (χ1n) is 4.89. The van der Waals surface area contributed by atoms with E-state index in [4.69, 9.17) is 0 Å². The van der Waals surface area contributed by atoms with Crippen molar-refractivity contribution in [2.45, 2.75) is 12.3 Å². The molecule has 1 aliphatic rings. The Bertz CT molecular complexity index is 430. The van der Waals surface area contributed by atoms with Crippen LogP contribution >= 0.6 is 11.8 Å². The van der Waals surface area contributed by atoms with Crippen molar-refractivity contribution in [3.8, 4) is 0 Å². The second-order valence-corrected chi connectivity index (χ2v) is 4.73. The van der Waals surface area contributed by atoms with Crippen LogP contribution in [0.2, 0.25) is 0 Å². The zero-order chi connectivity index (χ0) is 11.7. The van der Waals surface area contributed by atoms with Crippen LogP contribution in [0.4, 0.5) is 10.5 Å². The molecule has 5 heteroatoms. The fourth-order valence-electron chi connectivity index (χ4n) is 1.39. The molecule has 0 saturated carbocycles. The van der Waals surface area contributed by atoms with Crippen molar-refractivity contribution in [1.29, 1.82) is 0 Å². The number of imide groups is 1. The topological polar surface area (TPSA) is 49.4 Å². The fourth-order valence-corrected chi connectivity index (χ4v) is 2.29. The Balaban J connectivity index is 2.09. The lowest BCUT2D eigenvalue weighted by Crippen LogP contribution is -2.31. The van der Waals surface area contributed by atoms with E-state index in [0.717, 1.165) is 27.9 Å². The second kappa shape index (κ2) is 4.17. The number of rotatable bonds is 2. The molecule has 2 amide bonds. The van der Waals surface area contributed by atoms with E-state index in [9.17, 15) is 9.59 Å². The number of hydrogen-bond acceptors (Lipinski definition) is 4. The lowest BCUT2D eigenvalue weighted by molar-refractivity contribution is -0.125. The molecular formula is C11H12N2O2S. The monoisotopic (exact) mass is 236 g/mol. The first-order valence-corrected chi connectivity index (χ1v) is 5.77. The molecule has 2 rings (SSSR count). The van der Waals surface area contributed by atoms with Crippen LogP contribution in [0.1, 0.15) is 5.56 Å². The summed E-state index contributed by atoms with van der Waals surface area (Å²) in [4.78, 5) is 24.0. The van der Waals surface area contributed by atoms with Crippen LogP contribution in [-0.2, 0) is 4.79 Å². The smallest absolute Gasteiger partial charge is 0.290 e. The quantitative estimate of drug-likeness (QED) is 0.854. The van der Waals surface area contributed by atoms with Gasteiger partial charge in [-0.2, -0.15) is 0 Å². The lowest BCUT2D eigenvalue weighted by atomic mass is 10.2. The third-order valence-corrected chi connectivity index (χ3v) is 3.43. The molecule has 0 radical (unpaired) electrons. The minimum atomic E-state index is -0.500. The number of benzene rings is 1. The van der Waals surface area contributed by atoms with Gasteiger partial charge in [0, 0.05) is 12.7 Å². The van der Waals surface area contributed by atoms with Crippen molar-refractivity contribution in [1.82, 2.24) is 4.90 Å². The molecule has 1 fully saturated rings. The van der Waals surface area contributed by atoms with Crippen LogP contribution in [0.5, 0.6) is 0 Å². The molecule has 1 saturated heterocycles. The number of likely N-dealkylation sites (N-methyl/N-ethyl adjacent to an activating group) is 1. The number of anilines is 1. The van der Waals surface area contributed by atoms with Crippen LogP contribution in [0.15, 0.2) is 24.3 Å². The van der Waals surface area contributed by atoms with Gasteiger partial charge in [-0.25, -0.2) is 0 Å². The van der Waals surface area contributed by atoms with Gasteiger partial charge in [-0.05, 0) is 30.8 Å². The molecule has 1 aromatic rings. The molecule has 0 aromatic heterocycles. The van der Waals surface area contributed by atoms with Gasteiger partial charge in [-0.3, -0.25) is 14.5 Å². The molecule has 0 bridgehead atoms. The molecule has 16 heavy (non-hydrogen) atoms. The van der Waals surface area contributed by atoms with Crippen molar-refractivity contribution in [3.63, 3.8) is 0 Å². The van der Waals surface area contributed by atoms with Crippen molar-refractivity contribution in [3.05, 3.63) is 29.8 Å². The Labute approximate surface area is 98.0 Å². The highest BCUT2D eigenvalue weighted by Crippen LogP contribution is 2.26. The second-order valence-electron chi connectivity index (χ2n) is 3.67. The number of thioether (sulfide) groups is 1. The van der Waals surface area contributed by atoms with Gasteiger partial charge in [0.2, 0.25) is 0 Å². The lowest BCUT2D eigenvalue weighted by Gasteiger charge is -2.11. The number of carbonyl (C=O) groups is 2. The van der Waals surface area contributed by atoms with Gasteiger partial charge in [0.1, 0.15) is 0 Å². The van der Waals surface area contributed by atoms with E-state index in [2.05, 4.69) is 5.32 Å². The molecule has 1 N–H and O–H groups in total. The highest BCUT2D eigenvalue weighted by Gasteiger charge is 2.36. The Morgan fingerprint density at radius 2 is 1.88 bits per heavy atom. The van der Waals surface area contributed by atoms with E-state index >= 15 is 0 Å². The summed E-state index contributed by atoms with van der Waals surface area (Å²) < 4.78 is 0. The van der Waals surface area contributed by atoms with E-state index in [-0.39, 0.29) is 11.1 Å². The maximum absolute atomic E-state index is 11.6. The molecule has 1 atom stereocenters. The standard InChI is InChI=1S/C11H12N2O2S/c1-7-3-5-8(6-4-7)12-9-10(14)13(2)11(15)16-9/h3-6,9,12H,1-2H3/t9-/m0/s1. The molecule has 1 heterocycles. The van der Waals surface area contributed by atoms with Gasteiger partial charge in [-0.1, -0.05) is 17.7 Å².